The minimum absolute atomic E-state index is 0.0492. The first-order valence-corrected chi connectivity index (χ1v) is 7.96. The smallest absolute Gasteiger partial charge is 0.223 e. The second-order valence-electron chi connectivity index (χ2n) is 6.12. The van der Waals surface area contributed by atoms with Crippen LogP contribution in [-0.2, 0) is 30.8 Å². The van der Waals surface area contributed by atoms with E-state index in [1.807, 2.05) is 13.0 Å². The average Bonchev–Trinajstić information content (AvgIpc) is 3.02. The lowest BCUT2D eigenvalue weighted by Gasteiger charge is -2.13. The number of carbonyl (C=O) groups is 1. The van der Waals surface area contributed by atoms with Crippen LogP contribution >= 0.6 is 0 Å². The summed E-state index contributed by atoms with van der Waals surface area (Å²) in [5, 5.41) is 6.26. The molecule has 2 N–H and O–H groups in total. The van der Waals surface area contributed by atoms with Crippen molar-refractivity contribution in [2.24, 2.45) is 5.92 Å². The Kier molecular flexibility index (Phi) is 4.72. The van der Waals surface area contributed by atoms with Crippen LogP contribution in [0.2, 0.25) is 0 Å². The van der Waals surface area contributed by atoms with E-state index in [0.717, 1.165) is 18.7 Å². The highest BCUT2D eigenvalue weighted by Crippen LogP contribution is 2.17. The van der Waals surface area contributed by atoms with Crippen LogP contribution in [0.25, 0.3) is 0 Å². The monoisotopic (exact) mass is 312 g/mol. The van der Waals surface area contributed by atoms with Crippen molar-refractivity contribution in [3.05, 3.63) is 70.5 Å². The number of nitrogens with one attached hydrogen (secondary N) is 2. The highest BCUT2D eigenvalue weighted by atomic mass is 19.1. The molecule has 120 valence electrons. The van der Waals surface area contributed by atoms with E-state index in [9.17, 15) is 9.18 Å². The summed E-state index contributed by atoms with van der Waals surface area (Å²) in [7, 11) is 0. The SMILES string of the molecule is CC(Cc1ccccc1F)C(=O)NCc1ccc2c(c1)CNC2. The summed E-state index contributed by atoms with van der Waals surface area (Å²) in [6.07, 6.45) is 0.409. The van der Waals surface area contributed by atoms with Crippen molar-refractivity contribution in [3.8, 4) is 0 Å². The maximum atomic E-state index is 13.7. The molecule has 0 radical (unpaired) electrons. The van der Waals surface area contributed by atoms with Gasteiger partial charge in [0, 0.05) is 25.6 Å². The lowest BCUT2D eigenvalue weighted by atomic mass is 9.99. The van der Waals surface area contributed by atoms with Crippen LogP contribution in [0.1, 0.15) is 29.2 Å². The average molecular weight is 312 g/mol. The maximum Gasteiger partial charge on any atom is 0.223 e. The Morgan fingerprint density at radius 1 is 1.22 bits per heavy atom. The summed E-state index contributed by atoms with van der Waals surface area (Å²) in [5.41, 5.74) is 4.31. The maximum absolute atomic E-state index is 13.7. The Bertz CT molecular complexity index is 714. The Hall–Kier alpha value is -2.20. The molecule has 2 aromatic carbocycles. The Morgan fingerprint density at radius 3 is 2.83 bits per heavy atom. The first-order valence-electron chi connectivity index (χ1n) is 7.96. The summed E-state index contributed by atoms with van der Waals surface area (Å²) in [5.74, 6) is -0.562. The third kappa shape index (κ3) is 3.77. The Morgan fingerprint density at radius 2 is 2.00 bits per heavy atom. The van der Waals surface area contributed by atoms with Gasteiger partial charge in [-0.15, -0.1) is 0 Å². The molecule has 1 unspecified atom stereocenters. The lowest BCUT2D eigenvalue weighted by molar-refractivity contribution is -0.124. The highest BCUT2D eigenvalue weighted by molar-refractivity contribution is 5.78. The van der Waals surface area contributed by atoms with E-state index in [4.69, 9.17) is 0 Å². The lowest BCUT2D eigenvalue weighted by Crippen LogP contribution is -2.30. The highest BCUT2D eigenvalue weighted by Gasteiger charge is 2.16. The molecular weight excluding hydrogens is 291 g/mol. The number of rotatable bonds is 5. The van der Waals surface area contributed by atoms with E-state index in [1.165, 1.54) is 17.2 Å². The van der Waals surface area contributed by atoms with Gasteiger partial charge in [0.2, 0.25) is 5.91 Å². The van der Waals surface area contributed by atoms with E-state index < -0.39 is 0 Å². The zero-order chi connectivity index (χ0) is 16.2. The van der Waals surface area contributed by atoms with E-state index >= 15 is 0 Å². The van der Waals surface area contributed by atoms with Crippen LogP contribution in [0.15, 0.2) is 42.5 Å². The zero-order valence-electron chi connectivity index (χ0n) is 13.2. The fourth-order valence-corrected chi connectivity index (χ4v) is 2.91. The summed E-state index contributed by atoms with van der Waals surface area (Å²) < 4.78 is 13.7. The van der Waals surface area contributed by atoms with Gasteiger partial charge in [-0.3, -0.25) is 4.79 Å². The van der Waals surface area contributed by atoms with E-state index in [-0.39, 0.29) is 17.6 Å². The molecular formula is C19H21FN2O. The summed E-state index contributed by atoms with van der Waals surface area (Å²) >= 11 is 0. The summed E-state index contributed by atoms with van der Waals surface area (Å²) in [6.45, 7) is 4.14. The van der Waals surface area contributed by atoms with Crippen molar-refractivity contribution in [1.82, 2.24) is 10.6 Å². The predicted molar refractivity (Wildman–Crippen MR) is 88.1 cm³/mol. The molecule has 23 heavy (non-hydrogen) atoms. The molecule has 3 nitrogen and oxygen atoms in total. The van der Waals surface area contributed by atoms with Crippen molar-refractivity contribution in [2.45, 2.75) is 33.0 Å². The van der Waals surface area contributed by atoms with Gasteiger partial charge in [-0.2, -0.15) is 0 Å². The molecule has 0 spiro atoms. The molecule has 0 fully saturated rings. The van der Waals surface area contributed by atoms with Crippen molar-refractivity contribution in [1.29, 1.82) is 0 Å². The van der Waals surface area contributed by atoms with Crippen LogP contribution in [-0.4, -0.2) is 5.91 Å². The van der Waals surface area contributed by atoms with Crippen LogP contribution in [0.5, 0.6) is 0 Å². The molecule has 4 heteroatoms. The van der Waals surface area contributed by atoms with Gasteiger partial charge in [-0.1, -0.05) is 43.3 Å². The third-order valence-electron chi connectivity index (χ3n) is 4.30. The third-order valence-corrected chi connectivity index (χ3v) is 4.30. The molecule has 0 aliphatic carbocycles. The molecule has 0 saturated heterocycles. The quantitative estimate of drug-likeness (QED) is 0.891. The van der Waals surface area contributed by atoms with E-state index in [0.29, 0.717) is 18.5 Å². The van der Waals surface area contributed by atoms with Gasteiger partial charge in [0.1, 0.15) is 5.82 Å². The number of hydrogen-bond acceptors (Lipinski definition) is 2. The van der Waals surface area contributed by atoms with Crippen LogP contribution in [0.4, 0.5) is 4.39 Å². The Labute approximate surface area is 135 Å². The van der Waals surface area contributed by atoms with Crippen LogP contribution in [0.3, 0.4) is 0 Å². The number of benzene rings is 2. The molecule has 0 aromatic heterocycles. The van der Waals surface area contributed by atoms with Gasteiger partial charge in [0.15, 0.2) is 0 Å². The second kappa shape index (κ2) is 6.92. The molecule has 0 saturated carbocycles. The first kappa shape index (κ1) is 15.7. The van der Waals surface area contributed by atoms with E-state index in [1.54, 1.807) is 18.2 Å². The molecule has 0 bridgehead atoms. The molecule has 3 rings (SSSR count). The second-order valence-corrected chi connectivity index (χ2v) is 6.12. The van der Waals surface area contributed by atoms with Crippen molar-refractivity contribution in [2.75, 3.05) is 0 Å². The molecule has 1 amide bonds. The van der Waals surface area contributed by atoms with Gasteiger partial charge < -0.3 is 10.6 Å². The van der Waals surface area contributed by atoms with Gasteiger partial charge in [-0.25, -0.2) is 4.39 Å². The largest absolute Gasteiger partial charge is 0.352 e. The topological polar surface area (TPSA) is 41.1 Å². The normalized spacial score (nSPS) is 14.3. The summed E-state index contributed by atoms with van der Waals surface area (Å²) in [4.78, 5) is 12.2. The number of carbonyl (C=O) groups excluding carboxylic acids is 1. The molecule has 1 aliphatic heterocycles. The number of halogens is 1. The fourth-order valence-electron chi connectivity index (χ4n) is 2.91. The number of fused-ring (bicyclic) bond motifs is 1. The van der Waals surface area contributed by atoms with Crippen molar-refractivity contribution in [3.63, 3.8) is 0 Å². The van der Waals surface area contributed by atoms with Crippen LogP contribution in [0, 0.1) is 11.7 Å². The van der Waals surface area contributed by atoms with Gasteiger partial charge in [-0.05, 0) is 34.7 Å². The van der Waals surface area contributed by atoms with Gasteiger partial charge in [0.05, 0.1) is 0 Å². The minimum Gasteiger partial charge on any atom is -0.352 e. The number of hydrogen-bond donors (Lipinski definition) is 2. The zero-order valence-corrected chi connectivity index (χ0v) is 13.2. The van der Waals surface area contributed by atoms with Gasteiger partial charge >= 0.3 is 0 Å². The fraction of sp³-hybridized carbons (Fsp3) is 0.316. The first-order chi connectivity index (χ1) is 11.1. The molecule has 2 aromatic rings. The number of amides is 1. The van der Waals surface area contributed by atoms with Crippen LogP contribution < -0.4 is 10.6 Å². The minimum atomic E-state index is -0.261. The summed E-state index contributed by atoms with van der Waals surface area (Å²) in [6, 6.07) is 12.9. The van der Waals surface area contributed by atoms with E-state index in [2.05, 4.69) is 22.8 Å². The molecule has 1 atom stereocenters. The van der Waals surface area contributed by atoms with Crippen molar-refractivity contribution < 1.29 is 9.18 Å². The Balaban J connectivity index is 1.55. The van der Waals surface area contributed by atoms with Crippen molar-refractivity contribution >= 4 is 5.91 Å². The predicted octanol–water partition coefficient (Wildman–Crippen LogP) is 2.92. The standard InChI is InChI=1S/C19H21FN2O/c1-13(8-15-4-2-3-5-18(15)20)19(23)22-10-14-6-7-16-11-21-12-17(16)9-14/h2-7,9,13,21H,8,10-12H2,1H3,(H,22,23). The van der Waals surface area contributed by atoms with Gasteiger partial charge in [0.25, 0.3) is 0 Å². The molecule has 1 heterocycles. The molecule has 1 aliphatic rings.